The maximum absolute atomic E-state index is 13.9. The molecule has 2 aliphatic heterocycles. The Labute approximate surface area is 367 Å². The van der Waals surface area contributed by atoms with Gasteiger partial charge in [-0.25, -0.2) is 9.97 Å². The van der Waals surface area contributed by atoms with E-state index in [0.29, 0.717) is 70.2 Å². The molecule has 8 rings (SSSR count). The number of anilines is 4. The van der Waals surface area contributed by atoms with Crippen molar-refractivity contribution in [2.45, 2.75) is 60.3 Å². The van der Waals surface area contributed by atoms with Gasteiger partial charge in [0.2, 0.25) is 23.7 Å². The molecule has 2 aromatic carbocycles. The number of hydrogen-bond donors (Lipinski definition) is 6. The number of carbonyl (C=O) groups excluding carboxylic acids is 4. The first-order valence-electron chi connectivity index (χ1n) is 21.1. The highest BCUT2D eigenvalue weighted by Gasteiger charge is 2.44. The van der Waals surface area contributed by atoms with Crippen molar-refractivity contribution in [1.82, 2.24) is 43.6 Å². The standard InChI is InChI=1S/C43H53N15O6/c1-6-57-31(16-24(3)52-57)39(61)50-41-48-29-18-26(37(45)59)17-28(47-11-15-54-14-10-43(21-54)22-64-23-43)34(29)55(41)12-8-9-13-56-35-30(19-27(38(46)60)20-32(35)63-5)49-42(56)51-40(62)36-33(44)25(4)53-58(36)7-2/h8-9,16-20,47H,6-7,10-15,21-23,44H2,1-5H3,(H2,45,59)(H2,46,60)(H,48,50,61)(H,49,51,62)/b9-8+. The van der Waals surface area contributed by atoms with Gasteiger partial charge in [-0.15, -0.1) is 0 Å². The lowest BCUT2D eigenvalue weighted by Crippen LogP contribution is -2.45. The van der Waals surface area contributed by atoms with Crippen molar-refractivity contribution in [3.63, 3.8) is 0 Å². The zero-order valence-electron chi connectivity index (χ0n) is 36.5. The Bertz CT molecular complexity index is 2840. The molecule has 6 heterocycles. The number of primary amides is 2. The lowest BCUT2D eigenvalue weighted by molar-refractivity contribution is -0.104. The van der Waals surface area contributed by atoms with Crippen LogP contribution in [0.3, 0.4) is 0 Å². The number of methoxy groups -OCH3 is 1. The molecule has 0 bridgehead atoms. The first-order valence-corrected chi connectivity index (χ1v) is 21.1. The van der Waals surface area contributed by atoms with Crippen LogP contribution in [0.1, 0.15) is 73.3 Å². The smallest absolute Gasteiger partial charge is 0.278 e. The van der Waals surface area contributed by atoms with Gasteiger partial charge in [-0.2, -0.15) is 10.2 Å². The summed E-state index contributed by atoms with van der Waals surface area (Å²) in [6.45, 7) is 13.4. The molecule has 1 spiro atoms. The molecular weight excluding hydrogens is 823 g/mol. The van der Waals surface area contributed by atoms with E-state index in [1.165, 1.54) is 23.9 Å². The average Bonchev–Trinajstić information content (AvgIpc) is 4.08. The average molecular weight is 876 g/mol. The minimum atomic E-state index is -0.676. The van der Waals surface area contributed by atoms with Crippen molar-refractivity contribution < 1.29 is 28.7 Å². The highest BCUT2D eigenvalue weighted by Crippen LogP contribution is 2.37. The van der Waals surface area contributed by atoms with Crippen LogP contribution in [0, 0.1) is 19.3 Å². The predicted molar refractivity (Wildman–Crippen MR) is 241 cm³/mol. The number of allylic oxidation sites excluding steroid dienone is 2. The van der Waals surface area contributed by atoms with E-state index in [4.69, 9.17) is 36.6 Å². The monoisotopic (exact) mass is 875 g/mol. The molecule has 0 radical (unpaired) electrons. The summed E-state index contributed by atoms with van der Waals surface area (Å²) >= 11 is 0. The van der Waals surface area contributed by atoms with E-state index in [1.54, 1.807) is 34.4 Å². The van der Waals surface area contributed by atoms with Crippen LogP contribution in [0.15, 0.2) is 42.5 Å². The van der Waals surface area contributed by atoms with Gasteiger partial charge in [-0.1, -0.05) is 12.2 Å². The fourth-order valence-corrected chi connectivity index (χ4v) is 8.53. The molecular formula is C43H53N15O6. The maximum Gasteiger partial charge on any atom is 0.278 e. The summed E-state index contributed by atoms with van der Waals surface area (Å²) in [4.78, 5) is 64.6. The number of rotatable bonds is 17. The summed E-state index contributed by atoms with van der Waals surface area (Å²) in [6.07, 6.45) is 4.83. The van der Waals surface area contributed by atoms with Crippen molar-refractivity contribution in [1.29, 1.82) is 0 Å². The van der Waals surface area contributed by atoms with Crippen LogP contribution in [0.4, 0.5) is 23.3 Å². The molecule has 6 aromatic rings. The lowest BCUT2D eigenvalue weighted by atomic mass is 9.85. The van der Waals surface area contributed by atoms with Gasteiger partial charge in [0.1, 0.15) is 22.7 Å². The number of imidazole rings is 2. The Morgan fingerprint density at radius 1 is 0.844 bits per heavy atom. The number of fused-ring (bicyclic) bond motifs is 2. The minimum Gasteiger partial charge on any atom is -0.494 e. The highest BCUT2D eigenvalue weighted by atomic mass is 16.5. The molecule has 336 valence electrons. The quantitative estimate of drug-likeness (QED) is 0.0720. The van der Waals surface area contributed by atoms with Gasteiger partial charge < -0.3 is 46.0 Å². The third-order valence-electron chi connectivity index (χ3n) is 11.8. The van der Waals surface area contributed by atoms with E-state index in [9.17, 15) is 19.2 Å². The number of benzene rings is 2. The van der Waals surface area contributed by atoms with E-state index in [1.807, 2.05) is 37.5 Å². The Hall–Kier alpha value is -7.26. The number of carbonyl (C=O) groups is 4. The molecule has 4 amide bonds. The van der Waals surface area contributed by atoms with E-state index in [0.717, 1.165) is 39.3 Å². The van der Waals surface area contributed by atoms with Crippen molar-refractivity contribution >= 4 is 69.0 Å². The molecule has 21 heteroatoms. The number of nitrogens with one attached hydrogen (secondary N) is 3. The van der Waals surface area contributed by atoms with Crippen LogP contribution in [0.25, 0.3) is 22.1 Å². The van der Waals surface area contributed by atoms with Crippen LogP contribution >= 0.6 is 0 Å². The van der Waals surface area contributed by atoms with E-state index < -0.39 is 23.6 Å². The Kier molecular flexibility index (Phi) is 11.9. The number of aryl methyl sites for hydroxylation is 4. The van der Waals surface area contributed by atoms with Gasteiger partial charge in [0, 0.05) is 62.4 Å². The van der Waals surface area contributed by atoms with Crippen LogP contribution < -0.4 is 37.9 Å². The fraction of sp³-hybridized carbons (Fsp3) is 0.395. The summed E-state index contributed by atoms with van der Waals surface area (Å²) in [5.41, 5.74) is 23.0. The summed E-state index contributed by atoms with van der Waals surface area (Å²) in [5.74, 6) is -1.56. The topological polar surface area (TPSA) is 275 Å². The first-order chi connectivity index (χ1) is 30.7. The number of nitrogens with zero attached hydrogens (tertiary/aromatic N) is 9. The van der Waals surface area contributed by atoms with Gasteiger partial charge in [-0.3, -0.25) is 39.2 Å². The number of ether oxygens (including phenoxy) is 2. The van der Waals surface area contributed by atoms with Crippen LogP contribution in [-0.2, 0) is 30.9 Å². The molecule has 9 N–H and O–H groups in total. The van der Waals surface area contributed by atoms with E-state index in [-0.39, 0.29) is 52.9 Å². The summed E-state index contributed by atoms with van der Waals surface area (Å²) in [7, 11) is 1.46. The Balaban J connectivity index is 1.15. The second-order valence-electron chi connectivity index (χ2n) is 16.2. The number of nitrogen functional groups attached to an aromatic ring is 1. The SMILES string of the molecule is CCn1nc(C)cc1C(=O)Nc1nc2cc(C(N)=O)cc(NCCN3CCC4(COC4)C3)c2n1C/C=C/Cn1c(NC(=O)c2c(N)c(C)nn2CC)nc2cc(C(N)=O)cc(OC)c21. The van der Waals surface area contributed by atoms with Crippen molar-refractivity contribution in [3.8, 4) is 5.75 Å². The molecule has 2 aliphatic rings. The summed E-state index contributed by atoms with van der Waals surface area (Å²) in [6, 6.07) is 8.07. The number of nitrogens with two attached hydrogens (primary N) is 3. The van der Waals surface area contributed by atoms with Gasteiger partial charge in [-0.05, 0) is 71.0 Å². The van der Waals surface area contributed by atoms with Crippen molar-refractivity contribution in [3.05, 3.63) is 76.4 Å². The molecule has 21 nitrogen and oxygen atoms in total. The van der Waals surface area contributed by atoms with Crippen molar-refractivity contribution in [2.75, 3.05) is 68.2 Å². The highest BCUT2D eigenvalue weighted by molar-refractivity contribution is 6.08. The number of likely N-dealkylation sites (tertiary alicyclic amines) is 1. The van der Waals surface area contributed by atoms with E-state index in [2.05, 4.69) is 31.0 Å². The third kappa shape index (κ3) is 8.21. The molecule has 0 unspecified atom stereocenters. The van der Waals surface area contributed by atoms with Crippen LogP contribution in [0.2, 0.25) is 0 Å². The molecule has 2 fully saturated rings. The number of amides is 4. The van der Waals surface area contributed by atoms with Crippen LogP contribution in [0.5, 0.6) is 5.75 Å². The number of hydrogen-bond acceptors (Lipinski definition) is 13. The predicted octanol–water partition coefficient (Wildman–Crippen LogP) is 3.12. The summed E-state index contributed by atoms with van der Waals surface area (Å²) in [5, 5.41) is 18.3. The maximum atomic E-state index is 13.9. The second kappa shape index (κ2) is 17.5. The van der Waals surface area contributed by atoms with Gasteiger partial charge in [0.25, 0.3) is 11.8 Å². The molecule has 2 saturated heterocycles. The number of aromatic nitrogens is 8. The molecule has 0 saturated carbocycles. The van der Waals surface area contributed by atoms with Gasteiger partial charge in [0.15, 0.2) is 0 Å². The summed E-state index contributed by atoms with van der Waals surface area (Å²) < 4.78 is 17.9. The first kappa shape index (κ1) is 43.4. The molecule has 0 aliphatic carbocycles. The molecule has 0 atom stereocenters. The zero-order chi connectivity index (χ0) is 45.4. The third-order valence-corrected chi connectivity index (χ3v) is 11.8. The lowest BCUT2D eigenvalue weighted by Gasteiger charge is -2.37. The van der Waals surface area contributed by atoms with Gasteiger partial charge >= 0.3 is 0 Å². The van der Waals surface area contributed by atoms with E-state index >= 15 is 0 Å². The second-order valence-corrected chi connectivity index (χ2v) is 16.2. The Morgan fingerprint density at radius 2 is 1.47 bits per heavy atom. The normalized spacial score (nSPS) is 14.8. The van der Waals surface area contributed by atoms with Crippen LogP contribution in [-0.4, -0.2) is 114 Å². The molecule has 4 aromatic heterocycles. The minimum absolute atomic E-state index is 0.147. The largest absolute Gasteiger partial charge is 0.494 e. The molecule has 64 heavy (non-hydrogen) atoms. The van der Waals surface area contributed by atoms with Crippen molar-refractivity contribution in [2.24, 2.45) is 16.9 Å². The Morgan fingerprint density at radius 3 is 2.06 bits per heavy atom. The zero-order valence-corrected chi connectivity index (χ0v) is 36.5. The van der Waals surface area contributed by atoms with Gasteiger partial charge in [0.05, 0.1) is 59.6 Å². The fourth-order valence-electron chi connectivity index (χ4n) is 8.53.